The molecule has 154 valence electrons. The number of anilines is 2. The lowest BCUT2D eigenvalue weighted by atomic mass is 10.0. The molecule has 2 fully saturated rings. The molecule has 0 saturated carbocycles. The van der Waals surface area contributed by atoms with Gasteiger partial charge in [0, 0.05) is 43.6 Å². The number of amides is 3. The van der Waals surface area contributed by atoms with Gasteiger partial charge in [-0.25, -0.2) is 4.79 Å². The van der Waals surface area contributed by atoms with Crippen LogP contribution in [0.25, 0.3) is 0 Å². The van der Waals surface area contributed by atoms with Crippen LogP contribution in [0.15, 0.2) is 47.3 Å². The third kappa shape index (κ3) is 4.91. The zero-order valence-corrected chi connectivity index (χ0v) is 16.6. The number of furan rings is 1. The molecule has 3 heterocycles. The summed E-state index contributed by atoms with van der Waals surface area (Å²) in [5, 5.41) is 6.00. The maximum absolute atomic E-state index is 12.4. The minimum Gasteiger partial charge on any atom is -0.472 e. The number of rotatable bonds is 4. The van der Waals surface area contributed by atoms with Crippen LogP contribution in [0.4, 0.5) is 16.2 Å². The van der Waals surface area contributed by atoms with Crippen molar-refractivity contribution in [1.82, 2.24) is 10.2 Å². The van der Waals surface area contributed by atoms with E-state index in [0.717, 1.165) is 37.3 Å². The average molecular weight is 396 g/mol. The second-order valence-corrected chi connectivity index (χ2v) is 7.77. The summed E-state index contributed by atoms with van der Waals surface area (Å²) >= 11 is 0. The van der Waals surface area contributed by atoms with Crippen molar-refractivity contribution in [3.8, 4) is 0 Å². The molecule has 0 aliphatic carbocycles. The normalized spacial score (nSPS) is 17.8. The van der Waals surface area contributed by atoms with Crippen molar-refractivity contribution in [2.75, 3.05) is 36.4 Å². The predicted octanol–water partition coefficient (Wildman–Crippen LogP) is 3.70. The molecule has 2 aliphatic rings. The Hall–Kier alpha value is -2.96. The smallest absolute Gasteiger partial charge is 0.319 e. The second-order valence-electron chi connectivity index (χ2n) is 7.77. The van der Waals surface area contributed by atoms with Crippen LogP contribution in [-0.2, 0) is 0 Å². The zero-order chi connectivity index (χ0) is 20.1. The number of nitrogens with one attached hydrogen (secondary N) is 2. The van der Waals surface area contributed by atoms with Crippen molar-refractivity contribution in [2.24, 2.45) is 0 Å². The van der Waals surface area contributed by atoms with Gasteiger partial charge in [0.1, 0.15) is 6.26 Å². The van der Waals surface area contributed by atoms with E-state index in [1.54, 1.807) is 6.07 Å². The lowest BCUT2D eigenvalue weighted by molar-refractivity contribution is 0.0708. The van der Waals surface area contributed by atoms with Crippen LogP contribution in [0.2, 0.25) is 0 Å². The fourth-order valence-corrected chi connectivity index (χ4v) is 4.08. The first kappa shape index (κ1) is 19.4. The van der Waals surface area contributed by atoms with E-state index in [2.05, 4.69) is 21.6 Å². The Bertz CT molecular complexity index is 822. The molecular formula is C22H28N4O3. The summed E-state index contributed by atoms with van der Waals surface area (Å²) in [7, 11) is 0. The number of piperidine rings is 2. The molecule has 7 heteroatoms. The van der Waals surface area contributed by atoms with Crippen LogP contribution in [0.5, 0.6) is 0 Å². The van der Waals surface area contributed by atoms with E-state index in [1.165, 1.54) is 31.8 Å². The van der Waals surface area contributed by atoms with Crippen molar-refractivity contribution < 1.29 is 14.0 Å². The molecule has 3 amide bonds. The van der Waals surface area contributed by atoms with Crippen molar-refractivity contribution in [1.29, 1.82) is 0 Å². The fourth-order valence-electron chi connectivity index (χ4n) is 4.08. The van der Waals surface area contributed by atoms with Crippen LogP contribution in [-0.4, -0.2) is 49.1 Å². The van der Waals surface area contributed by atoms with E-state index < -0.39 is 0 Å². The number of benzene rings is 1. The van der Waals surface area contributed by atoms with Gasteiger partial charge in [-0.05, 0) is 56.4 Å². The molecule has 2 aromatic rings. The molecule has 0 atom stereocenters. The van der Waals surface area contributed by atoms with E-state index in [1.807, 2.05) is 23.1 Å². The highest BCUT2D eigenvalue weighted by Gasteiger charge is 2.25. The third-order valence-electron chi connectivity index (χ3n) is 5.71. The molecule has 2 aliphatic heterocycles. The van der Waals surface area contributed by atoms with Gasteiger partial charge >= 0.3 is 6.03 Å². The van der Waals surface area contributed by atoms with Crippen LogP contribution < -0.4 is 15.5 Å². The summed E-state index contributed by atoms with van der Waals surface area (Å²) in [5.41, 5.74) is 2.54. The van der Waals surface area contributed by atoms with Gasteiger partial charge in [-0.15, -0.1) is 0 Å². The van der Waals surface area contributed by atoms with Crippen molar-refractivity contribution in [3.63, 3.8) is 0 Å². The highest BCUT2D eigenvalue weighted by Crippen LogP contribution is 2.23. The first-order valence-electron chi connectivity index (χ1n) is 10.4. The van der Waals surface area contributed by atoms with E-state index >= 15 is 0 Å². The molecular weight excluding hydrogens is 368 g/mol. The molecule has 1 aromatic carbocycles. The Morgan fingerprint density at radius 3 is 2.52 bits per heavy atom. The first-order valence-corrected chi connectivity index (χ1v) is 10.4. The van der Waals surface area contributed by atoms with E-state index in [0.29, 0.717) is 18.7 Å². The number of carbonyl (C=O) groups is 2. The number of likely N-dealkylation sites (tertiary alicyclic amines) is 1. The molecule has 0 radical (unpaired) electrons. The largest absolute Gasteiger partial charge is 0.472 e. The standard InChI is InChI=1S/C22H28N4O3/c27-21(17-9-14-29-16-17)26-12-7-18(8-13-26)23-22(28)24-19-5-4-6-20(15-19)25-10-2-1-3-11-25/h4-6,9,14-16,18H,1-3,7-8,10-13H2,(H2,23,24,28). The average Bonchev–Trinajstić information content (AvgIpc) is 3.29. The minimum absolute atomic E-state index is 0.0174. The Morgan fingerprint density at radius 1 is 1.00 bits per heavy atom. The molecule has 7 nitrogen and oxygen atoms in total. The molecule has 0 unspecified atom stereocenters. The van der Waals surface area contributed by atoms with Crippen LogP contribution in [0.1, 0.15) is 42.5 Å². The molecule has 2 N–H and O–H groups in total. The summed E-state index contributed by atoms with van der Waals surface area (Å²) in [5.74, 6) is -0.0174. The number of carbonyl (C=O) groups excluding carboxylic acids is 2. The molecule has 0 spiro atoms. The summed E-state index contributed by atoms with van der Waals surface area (Å²) in [4.78, 5) is 29.0. The fraction of sp³-hybridized carbons (Fsp3) is 0.455. The number of hydrogen-bond acceptors (Lipinski definition) is 4. The van der Waals surface area contributed by atoms with Crippen molar-refractivity contribution in [3.05, 3.63) is 48.4 Å². The highest BCUT2D eigenvalue weighted by atomic mass is 16.3. The monoisotopic (exact) mass is 396 g/mol. The summed E-state index contributed by atoms with van der Waals surface area (Å²) in [6.07, 6.45) is 8.20. The summed E-state index contributed by atoms with van der Waals surface area (Å²) in [6.45, 7) is 3.40. The van der Waals surface area contributed by atoms with Gasteiger partial charge in [-0.2, -0.15) is 0 Å². The van der Waals surface area contributed by atoms with Crippen molar-refractivity contribution >= 4 is 23.3 Å². The molecule has 2 saturated heterocycles. The Balaban J connectivity index is 1.26. The van der Waals surface area contributed by atoms with E-state index in [9.17, 15) is 9.59 Å². The summed E-state index contributed by atoms with van der Waals surface area (Å²) in [6, 6.07) is 9.59. The Labute approximate surface area is 171 Å². The Kier molecular flexibility index (Phi) is 6.03. The molecule has 1 aromatic heterocycles. The molecule has 29 heavy (non-hydrogen) atoms. The van der Waals surface area contributed by atoms with Crippen LogP contribution >= 0.6 is 0 Å². The highest BCUT2D eigenvalue weighted by molar-refractivity contribution is 5.94. The maximum atomic E-state index is 12.4. The quantitative estimate of drug-likeness (QED) is 0.826. The van der Waals surface area contributed by atoms with Gasteiger partial charge in [0.05, 0.1) is 11.8 Å². The van der Waals surface area contributed by atoms with Gasteiger partial charge < -0.3 is 24.9 Å². The minimum atomic E-state index is -0.194. The lowest BCUT2D eigenvalue weighted by Crippen LogP contribution is -2.47. The SMILES string of the molecule is O=C(Nc1cccc(N2CCCCC2)c1)NC1CCN(C(=O)c2ccoc2)CC1. The van der Waals surface area contributed by atoms with Gasteiger partial charge in [-0.1, -0.05) is 6.07 Å². The Morgan fingerprint density at radius 2 is 1.79 bits per heavy atom. The number of urea groups is 1. The van der Waals surface area contributed by atoms with E-state index in [-0.39, 0.29) is 18.0 Å². The predicted molar refractivity (Wildman–Crippen MR) is 112 cm³/mol. The van der Waals surface area contributed by atoms with Gasteiger partial charge in [0.2, 0.25) is 0 Å². The topological polar surface area (TPSA) is 77.8 Å². The van der Waals surface area contributed by atoms with Crippen molar-refractivity contribution in [2.45, 2.75) is 38.1 Å². The van der Waals surface area contributed by atoms with Gasteiger partial charge in [0.15, 0.2) is 0 Å². The third-order valence-corrected chi connectivity index (χ3v) is 5.71. The van der Waals surface area contributed by atoms with Gasteiger partial charge in [0.25, 0.3) is 5.91 Å². The summed E-state index contributed by atoms with van der Waals surface area (Å²) < 4.78 is 4.99. The zero-order valence-electron chi connectivity index (χ0n) is 16.6. The second kappa shape index (κ2) is 9.03. The van der Waals surface area contributed by atoms with Crippen LogP contribution in [0.3, 0.4) is 0 Å². The van der Waals surface area contributed by atoms with Gasteiger partial charge in [-0.3, -0.25) is 4.79 Å². The molecule has 4 rings (SSSR count). The maximum Gasteiger partial charge on any atom is 0.319 e. The van der Waals surface area contributed by atoms with E-state index in [4.69, 9.17) is 4.42 Å². The molecule has 0 bridgehead atoms. The number of nitrogens with zero attached hydrogens (tertiary/aromatic N) is 2. The lowest BCUT2D eigenvalue weighted by Gasteiger charge is -2.32. The number of hydrogen-bond donors (Lipinski definition) is 2. The van der Waals surface area contributed by atoms with Crippen LogP contribution in [0, 0.1) is 0 Å². The first-order chi connectivity index (χ1) is 14.2.